The van der Waals surface area contributed by atoms with Gasteiger partial charge in [0.1, 0.15) is 24.5 Å². The molecule has 57 heavy (non-hydrogen) atoms. The Morgan fingerprint density at radius 1 is 0.930 bits per heavy atom. The predicted molar refractivity (Wildman–Crippen MR) is 213 cm³/mol. The lowest BCUT2D eigenvalue weighted by Crippen LogP contribution is -2.61. The summed E-state index contributed by atoms with van der Waals surface area (Å²) in [6.45, 7) is 7.91. The summed E-state index contributed by atoms with van der Waals surface area (Å²) in [6.07, 6.45) is 8.25. The van der Waals surface area contributed by atoms with Gasteiger partial charge in [0.2, 0.25) is 24.1 Å². The number of fused-ring (bicyclic) bond motifs is 3. The fourth-order valence-electron chi connectivity index (χ4n) is 8.12. The normalized spacial score (nSPS) is 18.4. The van der Waals surface area contributed by atoms with E-state index >= 15 is 0 Å². The minimum absolute atomic E-state index is 0.0602. The zero-order chi connectivity index (χ0) is 39.5. The highest BCUT2D eigenvalue weighted by Crippen LogP contribution is 2.32. The summed E-state index contributed by atoms with van der Waals surface area (Å²) in [5, 5.41) is 4.54. The number of hydrogen-bond acceptors (Lipinski definition) is 11. The first-order chi connectivity index (χ1) is 27.7. The number of hydrogen-bond donors (Lipinski definition) is 1. The van der Waals surface area contributed by atoms with Gasteiger partial charge in [-0.25, -0.2) is 4.98 Å². The predicted octanol–water partition coefficient (Wildman–Crippen LogP) is 4.12. The molecule has 0 bridgehead atoms. The van der Waals surface area contributed by atoms with Gasteiger partial charge < -0.3 is 18.8 Å². The zero-order valence-corrected chi connectivity index (χ0v) is 32.3. The number of carbonyl (C=O) groups excluding carboxylic acids is 4. The Morgan fingerprint density at radius 2 is 1.75 bits per heavy atom. The molecule has 0 aliphatic carbocycles. The lowest BCUT2D eigenvalue weighted by molar-refractivity contribution is -0.139. The molecule has 8 rings (SSSR count). The molecule has 3 fully saturated rings. The zero-order valence-electron chi connectivity index (χ0n) is 32.3. The molecule has 2 aromatic carbocycles. The average molecular weight is 774 g/mol. The first-order valence-corrected chi connectivity index (χ1v) is 19.6. The second-order valence-corrected chi connectivity index (χ2v) is 15.1. The van der Waals surface area contributed by atoms with Crippen molar-refractivity contribution in [1.82, 2.24) is 34.6 Å². The second kappa shape index (κ2) is 16.8. The molecular weight excluding hydrogens is 727 g/mol. The van der Waals surface area contributed by atoms with E-state index in [0.717, 1.165) is 67.0 Å². The molecule has 0 saturated carbocycles. The minimum atomic E-state index is -1.03. The van der Waals surface area contributed by atoms with Gasteiger partial charge in [-0.3, -0.25) is 44.2 Å². The molecule has 3 saturated heterocycles. The number of nitrogens with zero attached hydrogens (tertiary/aromatic N) is 6. The van der Waals surface area contributed by atoms with Crippen LogP contribution in [0.5, 0.6) is 11.6 Å². The van der Waals surface area contributed by atoms with Crippen LogP contribution in [0.3, 0.4) is 0 Å². The highest BCUT2D eigenvalue weighted by molar-refractivity contribution is 6.09. The number of aryl methyl sites for hydroxylation is 2. The molecule has 3 aliphatic rings. The Labute approximate surface area is 330 Å². The molecular formula is C43H47N7O7. The standard InChI is InChI=1S/C43H47N7O7/c1-28-3-6-33(22-35(28)43(54)50(27-51)38-8-9-40(52)46-42(38)53)56-20-19-55-18-17-48-25-31(26-48)49-15-12-32(13-16-49)57-41-10-5-30(23-45-41)29-4-7-34-36-24-44-14-11-37(36)47(2)39(34)21-29/h3-7,10-11,14,21-24,27,31-32,38H,8-9,12-13,15-20,25-26H2,1-2H3,(H,46,52,53). The van der Waals surface area contributed by atoms with Gasteiger partial charge in [-0.05, 0) is 67.6 Å². The van der Waals surface area contributed by atoms with E-state index in [1.165, 1.54) is 16.4 Å². The maximum Gasteiger partial charge on any atom is 0.261 e. The molecule has 3 aromatic heterocycles. The Hall–Kier alpha value is -5.70. The Morgan fingerprint density at radius 3 is 2.53 bits per heavy atom. The fourth-order valence-corrected chi connectivity index (χ4v) is 8.12. The number of aromatic nitrogens is 3. The highest BCUT2D eigenvalue weighted by Gasteiger charge is 2.36. The van der Waals surface area contributed by atoms with Gasteiger partial charge in [-0.2, -0.15) is 0 Å². The summed E-state index contributed by atoms with van der Waals surface area (Å²) >= 11 is 0. The van der Waals surface area contributed by atoms with Crippen molar-refractivity contribution >= 4 is 45.9 Å². The molecule has 3 aliphatic heterocycles. The minimum Gasteiger partial charge on any atom is -0.491 e. The van der Waals surface area contributed by atoms with Crippen LogP contribution in [0.2, 0.25) is 0 Å². The van der Waals surface area contributed by atoms with Crippen molar-refractivity contribution < 1.29 is 33.4 Å². The maximum absolute atomic E-state index is 13.2. The first-order valence-electron chi connectivity index (χ1n) is 19.6. The van der Waals surface area contributed by atoms with Gasteiger partial charge in [0.15, 0.2) is 0 Å². The van der Waals surface area contributed by atoms with E-state index in [1.807, 2.05) is 30.7 Å². The molecule has 5 aromatic rings. The molecule has 0 radical (unpaired) electrons. The van der Waals surface area contributed by atoms with Gasteiger partial charge in [0.25, 0.3) is 5.91 Å². The molecule has 296 valence electrons. The summed E-state index contributed by atoms with van der Waals surface area (Å²) in [5.74, 6) is -0.566. The third kappa shape index (κ3) is 8.24. The molecule has 4 amide bonds. The van der Waals surface area contributed by atoms with Crippen molar-refractivity contribution in [3.05, 3.63) is 84.3 Å². The van der Waals surface area contributed by atoms with Crippen LogP contribution in [-0.4, -0.2) is 124 Å². The first kappa shape index (κ1) is 38.2. The lowest BCUT2D eigenvalue weighted by atomic mass is 10.0. The van der Waals surface area contributed by atoms with Crippen molar-refractivity contribution in [2.45, 2.75) is 50.8 Å². The molecule has 14 heteroatoms. The topological polar surface area (TPSA) is 148 Å². The number of nitrogens with one attached hydrogen (secondary N) is 1. The number of ether oxygens (including phenoxy) is 3. The quantitative estimate of drug-likeness (QED) is 0.0988. The van der Waals surface area contributed by atoms with Gasteiger partial charge >= 0.3 is 0 Å². The van der Waals surface area contributed by atoms with E-state index in [2.05, 4.69) is 61.0 Å². The van der Waals surface area contributed by atoms with E-state index in [4.69, 9.17) is 14.2 Å². The van der Waals surface area contributed by atoms with Crippen LogP contribution in [0.25, 0.3) is 32.9 Å². The molecule has 1 unspecified atom stereocenters. The number of carbonyl (C=O) groups is 4. The van der Waals surface area contributed by atoms with Crippen LogP contribution in [0.15, 0.2) is 73.2 Å². The number of imide groups is 2. The summed E-state index contributed by atoms with van der Waals surface area (Å²) < 4.78 is 20.2. The van der Waals surface area contributed by atoms with Gasteiger partial charge in [-0.1, -0.05) is 18.2 Å². The Balaban J connectivity index is 0.717. The molecule has 14 nitrogen and oxygen atoms in total. The average Bonchev–Trinajstić information content (AvgIpc) is 3.49. The summed E-state index contributed by atoms with van der Waals surface area (Å²) in [6, 6.07) is 17.2. The van der Waals surface area contributed by atoms with Gasteiger partial charge in [0, 0.05) is 104 Å². The van der Waals surface area contributed by atoms with Crippen molar-refractivity contribution in [1.29, 1.82) is 0 Å². The van der Waals surface area contributed by atoms with Crippen molar-refractivity contribution in [2.75, 3.05) is 52.5 Å². The number of benzene rings is 2. The monoisotopic (exact) mass is 773 g/mol. The fraction of sp³-hybridized carbons (Fsp3) is 0.395. The largest absolute Gasteiger partial charge is 0.491 e. The van der Waals surface area contributed by atoms with Crippen LogP contribution in [0.1, 0.15) is 41.6 Å². The summed E-state index contributed by atoms with van der Waals surface area (Å²) in [5.41, 5.74) is 5.40. The number of pyridine rings is 2. The van der Waals surface area contributed by atoms with Crippen LogP contribution >= 0.6 is 0 Å². The molecule has 1 atom stereocenters. The van der Waals surface area contributed by atoms with Crippen LogP contribution in [0, 0.1) is 6.92 Å². The highest BCUT2D eigenvalue weighted by atomic mass is 16.5. The molecule has 0 spiro atoms. The summed E-state index contributed by atoms with van der Waals surface area (Å²) in [7, 11) is 2.09. The smallest absolute Gasteiger partial charge is 0.261 e. The van der Waals surface area contributed by atoms with E-state index < -0.39 is 23.8 Å². The lowest BCUT2D eigenvalue weighted by Gasteiger charge is -2.47. The van der Waals surface area contributed by atoms with E-state index in [-0.39, 0.29) is 24.5 Å². The van der Waals surface area contributed by atoms with Gasteiger partial charge in [-0.15, -0.1) is 0 Å². The maximum atomic E-state index is 13.2. The number of likely N-dealkylation sites (tertiary alicyclic amines) is 2. The molecule has 6 heterocycles. The van der Waals surface area contributed by atoms with Crippen molar-refractivity contribution in [3.8, 4) is 22.8 Å². The van der Waals surface area contributed by atoms with Crippen LogP contribution in [0.4, 0.5) is 0 Å². The van der Waals surface area contributed by atoms with E-state index in [0.29, 0.717) is 49.5 Å². The van der Waals surface area contributed by atoms with Crippen molar-refractivity contribution in [2.24, 2.45) is 7.05 Å². The number of amides is 4. The van der Waals surface area contributed by atoms with Gasteiger partial charge in [0.05, 0.1) is 18.7 Å². The van der Waals surface area contributed by atoms with Crippen LogP contribution < -0.4 is 14.8 Å². The summed E-state index contributed by atoms with van der Waals surface area (Å²) in [4.78, 5) is 63.6. The van der Waals surface area contributed by atoms with Crippen molar-refractivity contribution in [3.63, 3.8) is 0 Å². The SMILES string of the molecule is Cc1ccc(OCCOCCN2CC(N3CCC(Oc4ccc(-c5ccc6c7cnccc7n(C)c6c5)cn4)CC3)C2)cc1C(=O)N(C=O)C1CCC(=O)NC1=O. The second-order valence-electron chi connectivity index (χ2n) is 15.1. The third-order valence-corrected chi connectivity index (χ3v) is 11.5. The Bertz CT molecular complexity index is 2280. The van der Waals surface area contributed by atoms with E-state index in [1.54, 1.807) is 25.1 Å². The number of piperidine rings is 2. The van der Waals surface area contributed by atoms with Crippen LogP contribution in [-0.2, 0) is 26.2 Å². The third-order valence-electron chi connectivity index (χ3n) is 11.5. The molecule has 1 N–H and O–H groups in total. The Kier molecular flexibility index (Phi) is 11.3. The van der Waals surface area contributed by atoms with E-state index in [9.17, 15) is 19.2 Å². The number of rotatable bonds is 14.